The van der Waals surface area contributed by atoms with Gasteiger partial charge in [0.05, 0.1) is 0 Å². The van der Waals surface area contributed by atoms with Crippen molar-refractivity contribution >= 4 is 34.2 Å². The van der Waals surface area contributed by atoms with Crippen LogP contribution in [0.4, 0.5) is 10.5 Å². The van der Waals surface area contributed by atoms with Crippen molar-refractivity contribution in [1.29, 1.82) is 0 Å². The van der Waals surface area contributed by atoms with Crippen LogP contribution in [0.1, 0.15) is 5.56 Å². The molecule has 4 nitrogen and oxygen atoms in total. The number of halogens is 1. The molecule has 1 saturated heterocycles. The van der Waals surface area contributed by atoms with E-state index in [0.717, 1.165) is 36.0 Å². The summed E-state index contributed by atoms with van der Waals surface area (Å²) in [5.41, 5.74) is 2.09. The van der Waals surface area contributed by atoms with Crippen LogP contribution in [0.15, 0.2) is 97.1 Å². The van der Waals surface area contributed by atoms with Gasteiger partial charge < -0.3 is 10.1 Å². The number of rotatable bonds is 6. The van der Waals surface area contributed by atoms with E-state index in [1.54, 1.807) is 4.90 Å². The molecule has 2 atom stereocenters. The molecule has 1 fully saturated rings. The lowest BCUT2D eigenvalue weighted by Crippen LogP contribution is -2.40. The lowest BCUT2D eigenvalue weighted by Gasteiger charge is -2.28. The van der Waals surface area contributed by atoms with E-state index < -0.39 is 0 Å². The highest BCUT2D eigenvalue weighted by Gasteiger charge is 2.31. The van der Waals surface area contributed by atoms with E-state index in [9.17, 15) is 4.79 Å². The largest absolute Gasteiger partial charge is 0.419 e. The van der Waals surface area contributed by atoms with E-state index in [1.807, 2.05) is 72.8 Å². The number of nitrogens with zero attached hydrogens (tertiary/aromatic N) is 1. The van der Waals surface area contributed by atoms with Crippen molar-refractivity contribution in [3.8, 4) is 5.75 Å². The smallest absolute Gasteiger partial charge is 0.409 e. The van der Waals surface area contributed by atoms with Crippen molar-refractivity contribution in [2.75, 3.05) is 24.5 Å². The Kier molecular flexibility index (Phi) is 6.79. The molecule has 0 radical (unpaired) electrons. The molecule has 34 heavy (non-hydrogen) atoms. The van der Waals surface area contributed by atoms with Crippen molar-refractivity contribution in [2.45, 2.75) is 6.42 Å². The van der Waals surface area contributed by atoms with Crippen LogP contribution in [0.25, 0.3) is 10.8 Å². The van der Waals surface area contributed by atoms with Crippen LogP contribution in [0.3, 0.4) is 0 Å². The molecule has 0 spiro atoms. The van der Waals surface area contributed by atoms with E-state index >= 15 is 0 Å². The topological polar surface area (TPSA) is 41.6 Å². The molecular formula is C29H27ClN2O2. The predicted octanol–water partition coefficient (Wildman–Crippen LogP) is 6.58. The first kappa shape index (κ1) is 22.5. The molecule has 0 aromatic heterocycles. The number of carbonyl (C=O) groups excluding carboxylic acids is 1. The van der Waals surface area contributed by atoms with Gasteiger partial charge in [0.15, 0.2) is 0 Å². The van der Waals surface area contributed by atoms with Crippen LogP contribution >= 0.6 is 11.6 Å². The Morgan fingerprint density at radius 2 is 1.56 bits per heavy atom. The van der Waals surface area contributed by atoms with E-state index in [1.165, 1.54) is 5.56 Å². The van der Waals surface area contributed by atoms with Crippen LogP contribution in [-0.4, -0.2) is 25.7 Å². The first-order valence-corrected chi connectivity index (χ1v) is 12.0. The van der Waals surface area contributed by atoms with Gasteiger partial charge in [0, 0.05) is 22.6 Å². The zero-order valence-electron chi connectivity index (χ0n) is 18.9. The lowest BCUT2D eigenvalue weighted by atomic mass is 9.89. The summed E-state index contributed by atoms with van der Waals surface area (Å²) < 4.78 is 5.97. The standard InChI is InChI=1S/C29H27ClN2O2/c30-25-13-15-26(16-14-25)32(20-24-19-31-18-23(24)17-21-7-2-1-3-8-21)29(33)34-28-12-6-10-22-9-4-5-11-27(22)28/h1-16,23-24,31H,17-20H2/t23-,24+/m0/s1. The zero-order chi connectivity index (χ0) is 23.3. The summed E-state index contributed by atoms with van der Waals surface area (Å²) >= 11 is 6.13. The summed E-state index contributed by atoms with van der Waals surface area (Å²) in [6.07, 6.45) is 0.592. The maximum Gasteiger partial charge on any atom is 0.419 e. The van der Waals surface area contributed by atoms with Crippen LogP contribution in [0, 0.1) is 11.8 Å². The van der Waals surface area contributed by atoms with Crippen molar-refractivity contribution in [3.05, 3.63) is 108 Å². The van der Waals surface area contributed by atoms with Gasteiger partial charge >= 0.3 is 6.09 Å². The molecule has 1 aliphatic heterocycles. The molecule has 4 aromatic rings. The fraction of sp³-hybridized carbons (Fsp3) is 0.207. The number of amides is 1. The van der Waals surface area contributed by atoms with Gasteiger partial charge in [-0.15, -0.1) is 0 Å². The van der Waals surface area contributed by atoms with Gasteiger partial charge in [-0.3, -0.25) is 4.90 Å². The Morgan fingerprint density at radius 1 is 0.853 bits per heavy atom. The third-order valence-electron chi connectivity index (χ3n) is 6.54. The zero-order valence-corrected chi connectivity index (χ0v) is 19.6. The van der Waals surface area contributed by atoms with E-state index in [0.29, 0.717) is 29.2 Å². The predicted molar refractivity (Wildman–Crippen MR) is 139 cm³/mol. The molecule has 5 rings (SSSR count). The Balaban J connectivity index is 1.40. The molecule has 0 saturated carbocycles. The second-order valence-electron chi connectivity index (χ2n) is 8.80. The highest BCUT2D eigenvalue weighted by molar-refractivity contribution is 6.30. The van der Waals surface area contributed by atoms with Crippen LogP contribution < -0.4 is 15.0 Å². The van der Waals surface area contributed by atoms with E-state index in [2.05, 4.69) is 29.6 Å². The Hall–Kier alpha value is -3.34. The fourth-order valence-electron chi connectivity index (χ4n) is 4.73. The molecule has 4 aromatic carbocycles. The quantitative estimate of drug-likeness (QED) is 0.346. The summed E-state index contributed by atoms with van der Waals surface area (Å²) in [6, 6.07) is 31.6. The first-order valence-electron chi connectivity index (χ1n) is 11.6. The van der Waals surface area contributed by atoms with Gasteiger partial charge in [-0.25, -0.2) is 4.79 Å². The number of ether oxygens (including phenoxy) is 1. The average molecular weight is 471 g/mol. The van der Waals surface area contributed by atoms with Crippen molar-refractivity contribution in [3.63, 3.8) is 0 Å². The minimum Gasteiger partial charge on any atom is -0.409 e. The van der Waals surface area contributed by atoms with Gasteiger partial charge in [-0.1, -0.05) is 78.3 Å². The number of anilines is 1. The van der Waals surface area contributed by atoms with Crippen LogP contribution in [0.5, 0.6) is 5.75 Å². The number of benzene rings is 4. The van der Waals surface area contributed by atoms with Crippen LogP contribution in [-0.2, 0) is 6.42 Å². The third kappa shape index (κ3) is 5.09. The SMILES string of the molecule is O=C(Oc1cccc2ccccc12)N(C[C@H]1CNC[C@@H]1Cc1ccccc1)c1ccc(Cl)cc1. The monoisotopic (exact) mass is 470 g/mol. The third-order valence-corrected chi connectivity index (χ3v) is 6.80. The summed E-state index contributed by atoms with van der Waals surface area (Å²) in [5.74, 6) is 1.30. The average Bonchev–Trinajstić information content (AvgIpc) is 3.30. The summed E-state index contributed by atoms with van der Waals surface area (Å²) in [7, 11) is 0. The minimum atomic E-state index is -0.385. The van der Waals surface area contributed by atoms with E-state index in [-0.39, 0.29) is 6.09 Å². The molecule has 1 amide bonds. The second-order valence-corrected chi connectivity index (χ2v) is 9.24. The second kappa shape index (κ2) is 10.3. The maximum absolute atomic E-state index is 13.5. The summed E-state index contributed by atoms with van der Waals surface area (Å²) in [6.45, 7) is 2.37. The molecule has 1 aliphatic rings. The van der Waals surface area contributed by atoms with Gasteiger partial charge in [-0.05, 0) is 72.6 Å². The number of hydrogen-bond acceptors (Lipinski definition) is 3. The number of fused-ring (bicyclic) bond motifs is 1. The maximum atomic E-state index is 13.5. The van der Waals surface area contributed by atoms with Crippen LogP contribution in [0.2, 0.25) is 5.02 Å². The minimum absolute atomic E-state index is 0.302. The van der Waals surface area contributed by atoms with Gasteiger partial charge in [-0.2, -0.15) is 0 Å². The molecule has 0 aliphatic carbocycles. The van der Waals surface area contributed by atoms with Gasteiger partial charge in [0.25, 0.3) is 0 Å². The number of hydrogen-bond donors (Lipinski definition) is 1. The van der Waals surface area contributed by atoms with E-state index in [4.69, 9.17) is 16.3 Å². The highest BCUT2D eigenvalue weighted by Crippen LogP contribution is 2.29. The molecule has 1 N–H and O–H groups in total. The molecule has 1 heterocycles. The highest BCUT2D eigenvalue weighted by atomic mass is 35.5. The Labute approximate surface area is 205 Å². The molecule has 172 valence electrons. The van der Waals surface area contributed by atoms with Crippen molar-refractivity contribution in [2.24, 2.45) is 11.8 Å². The first-order chi connectivity index (χ1) is 16.7. The number of nitrogens with one attached hydrogen (secondary N) is 1. The Bertz CT molecular complexity index is 1250. The molecule has 0 bridgehead atoms. The summed E-state index contributed by atoms with van der Waals surface area (Å²) in [4.78, 5) is 15.3. The van der Waals surface area contributed by atoms with Gasteiger partial charge in [0.2, 0.25) is 0 Å². The summed E-state index contributed by atoms with van der Waals surface area (Å²) in [5, 5.41) is 6.11. The molecule has 0 unspecified atom stereocenters. The van der Waals surface area contributed by atoms with Gasteiger partial charge in [0.1, 0.15) is 5.75 Å². The Morgan fingerprint density at radius 3 is 2.38 bits per heavy atom. The van der Waals surface area contributed by atoms with Crippen molar-refractivity contribution < 1.29 is 9.53 Å². The fourth-order valence-corrected chi connectivity index (χ4v) is 4.86. The van der Waals surface area contributed by atoms with Crippen molar-refractivity contribution in [1.82, 2.24) is 5.32 Å². The molecular weight excluding hydrogens is 444 g/mol. The lowest BCUT2D eigenvalue weighted by molar-refractivity contribution is 0.206. The molecule has 5 heteroatoms. The number of carbonyl (C=O) groups is 1. The normalized spacial score (nSPS) is 17.6.